The second-order valence-electron chi connectivity index (χ2n) is 4.21. The van der Waals surface area contributed by atoms with Crippen LogP contribution < -0.4 is 5.32 Å². The first-order valence-electron chi connectivity index (χ1n) is 6.07. The molecule has 0 amide bonds. The highest BCUT2D eigenvalue weighted by Gasteiger charge is 2.06. The van der Waals surface area contributed by atoms with E-state index in [2.05, 4.69) is 40.3 Å². The lowest BCUT2D eigenvalue weighted by atomic mass is 10.1. The van der Waals surface area contributed by atoms with Crippen molar-refractivity contribution in [2.24, 2.45) is 0 Å². The van der Waals surface area contributed by atoms with Gasteiger partial charge in [-0.1, -0.05) is 18.2 Å². The smallest absolute Gasteiger partial charge is 0.0641 e. The first-order valence-corrected chi connectivity index (χ1v) is 6.07. The Morgan fingerprint density at radius 2 is 2.12 bits per heavy atom. The normalized spacial score (nSPS) is 11.2. The van der Waals surface area contributed by atoms with Crippen molar-refractivity contribution in [2.45, 2.75) is 13.0 Å². The first kappa shape index (κ1) is 12.1. The fraction of sp³-hybridized carbons (Fsp3) is 0.429. The molecule has 17 heavy (non-hydrogen) atoms. The third-order valence-corrected chi connectivity index (χ3v) is 3.05. The predicted octanol–water partition coefficient (Wildman–Crippen LogP) is 2.05. The van der Waals surface area contributed by atoms with Crippen LogP contribution in [0.15, 0.2) is 30.5 Å². The molecular weight excluding hydrogens is 212 g/mol. The number of nitrogens with zero attached hydrogens (tertiary/aromatic N) is 1. The molecule has 0 aliphatic rings. The summed E-state index contributed by atoms with van der Waals surface area (Å²) in [4.78, 5) is 0. The van der Waals surface area contributed by atoms with Crippen LogP contribution in [-0.2, 0) is 17.7 Å². The van der Waals surface area contributed by atoms with E-state index in [4.69, 9.17) is 4.74 Å². The van der Waals surface area contributed by atoms with Crippen molar-refractivity contribution >= 4 is 10.9 Å². The fourth-order valence-electron chi connectivity index (χ4n) is 2.16. The number of ether oxygens (including phenoxy) is 1. The van der Waals surface area contributed by atoms with Crippen LogP contribution in [0.5, 0.6) is 0 Å². The van der Waals surface area contributed by atoms with Crippen LogP contribution in [0.1, 0.15) is 5.56 Å². The lowest BCUT2D eigenvalue weighted by Gasteiger charge is -2.03. The number of likely N-dealkylation sites (N-methyl/N-ethyl adjacent to an activating group) is 1. The summed E-state index contributed by atoms with van der Waals surface area (Å²) >= 11 is 0. The minimum Gasteiger partial charge on any atom is -0.383 e. The number of hydrogen-bond acceptors (Lipinski definition) is 2. The molecular formula is C14H20N2O. The second-order valence-corrected chi connectivity index (χ2v) is 4.21. The minimum atomic E-state index is 0.754. The van der Waals surface area contributed by atoms with E-state index in [1.165, 1.54) is 16.5 Å². The maximum atomic E-state index is 5.15. The van der Waals surface area contributed by atoms with Gasteiger partial charge in [0.1, 0.15) is 0 Å². The Kier molecular flexibility index (Phi) is 4.18. The topological polar surface area (TPSA) is 26.2 Å². The molecule has 2 rings (SSSR count). The SMILES string of the molecule is CNCCc1cn(CCOC)c2ccccc12. The second kappa shape index (κ2) is 5.84. The Balaban J connectivity index is 2.32. The van der Waals surface area contributed by atoms with E-state index in [1.807, 2.05) is 7.05 Å². The number of aromatic nitrogens is 1. The van der Waals surface area contributed by atoms with Gasteiger partial charge in [-0.15, -0.1) is 0 Å². The van der Waals surface area contributed by atoms with Crippen molar-refractivity contribution in [1.82, 2.24) is 9.88 Å². The molecule has 3 heteroatoms. The summed E-state index contributed by atoms with van der Waals surface area (Å²) in [7, 11) is 3.73. The van der Waals surface area contributed by atoms with Crippen molar-refractivity contribution < 1.29 is 4.74 Å². The van der Waals surface area contributed by atoms with Gasteiger partial charge >= 0.3 is 0 Å². The summed E-state index contributed by atoms with van der Waals surface area (Å²) in [5, 5.41) is 4.56. The van der Waals surface area contributed by atoms with E-state index in [9.17, 15) is 0 Å². The van der Waals surface area contributed by atoms with E-state index in [1.54, 1.807) is 7.11 Å². The van der Waals surface area contributed by atoms with E-state index in [0.29, 0.717) is 0 Å². The van der Waals surface area contributed by atoms with Crippen LogP contribution in [0.3, 0.4) is 0 Å². The van der Waals surface area contributed by atoms with Crippen LogP contribution in [0, 0.1) is 0 Å². The standard InChI is InChI=1S/C14H20N2O/c1-15-8-7-12-11-16(9-10-17-2)14-6-4-3-5-13(12)14/h3-6,11,15H,7-10H2,1-2H3. The summed E-state index contributed by atoms with van der Waals surface area (Å²) in [6.45, 7) is 2.68. The van der Waals surface area contributed by atoms with Crippen molar-refractivity contribution in [1.29, 1.82) is 0 Å². The number of para-hydroxylation sites is 1. The van der Waals surface area contributed by atoms with E-state index < -0.39 is 0 Å². The maximum Gasteiger partial charge on any atom is 0.0641 e. The molecule has 0 aliphatic heterocycles. The molecule has 0 bridgehead atoms. The number of benzene rings is 1. The zero-order valence-electron chi connectivity index (χ0n) is 10.6. The molecule has 0 spiro atoms. The van der Waals surface area contributed by atoms with Crippen LogP contribution in [0.25, 0.3) is 10.9 Å². The van der Waals surface area contributed by atoms with Gasteiger partial charge in [-0.2, -0.15) is 0 Å². The molecule has 0 aliphatic carbocycles. The molecule has 92 valence electrons. The number of fused-ring (bicyclic) bond motifs is 1. The average molecular weight is 232 g/mol. The molecule has 0 atom stereocenters. The minimum absolute atomic E-state index is 0.754. The quantitative estimate of drug-likeness (QED) is 0.825. The molecule has 0 unspecified atom stereocenters. The molecule has 0 fully saturated rings. The molecule has 0 saturated heterocycles. The van der Waals surface area contributed by atoms with Gasteiger partial charge in [0.25, 0.3) is 0 Å². The Hall–Kier alpha value is -1.32. The van der Waals surface area contributed by atoms with Crippen LogP contribution in [0.4, 0.5) is 0 Å². The summed E-state index contributed by atoms with van der Waals surface area (Å²) < 4.78 is 7.43. The summed E-state index contributed by atoms with van der Waals surface area (Å²) in [6, 6.07) is 8.57. The van der Waals surface area contributed by atoms with Gasteiger partial charge in [-0.3, -0.25) is 0 Å². The number of hydrogen-bond donors (Lipinski definition) is 1. The maximum absolute atomic E-state index is 5.15. The lowest BCUT2D eigenvalue weighted by Crippen LogP contribution is -2.10. The summed E-state index contributed by atoms with van der Waals surface area (Å²) in [6.07, 6.45) is 3.32. The highest BCUT2D eigenvalue weighted by Crippen LogP contribution is 2.21. The summed E-state index contributed by atoms with van der Waals surface area (Å²) in [5.74, 6) is 0. The third-order valence-electron chi connectivity index (χ3n) is 3.05. The third kappa shape index (κ3) is 2.68. The van der Waals surface area contributed by atoms with Crippen molar-refractivity contribution in [3.63, 3.8) is 0 Å². The Labute approximate surface area is 102 Å². The van der Waals surface area contributed by atoms with Gasteiger partial charge in [0.15, 0.2) is 0 Å². The van der Waals surface area contributed by atoms with Gasteiger partial charge in [0, 0.05) is 30.8 Å². The summed E-state index contributed by atoms with van der Waals surface area (Å²) in [5.41, 5.74) is 2.71. The van der Waals surface area contributed by atoms with E-state index >= 15 is 0 Å². The molecule has 3 nitrogen and oxygen atoms in total. The highest BCUT2D eigenvalue weighted by atomic mass is 16.5. The molecule has 1 aromatic heterocycles. The molecule has 0 saturated carbocycles. The highest BCUT2D eigenvalue weighted by molar-refractivity contribution is 5.84. The number of methoxy groups -OCH3 is 1. The van der Waals surface area contributed by atoms with Gasteiger partial charge in [-0.05, 0) is 31.6 Å². The monoisotopic (exact) mass is 232 g/mol. The van der Waals surface area contributed by atoms with Crippen molar-refractivity contribution in [3.05, 3.63) is 36.0 Å². The number of rotatable bonds is 6. The van der Waals surface area contributed by atoms with Crippen molar-refractivity contribution in [2.75, 3.05) is 27.3 Å². The lowest BCUT2D eigenvalue weighted by molar-refractivity contribution is 0.188. The predicted molar refractivity (Wildman–Crippen MR) is 71.4 cm³/mol. The molecule has 1 N–H and O–H groups in total. The molecule has 2 aromatic rings. The molecule has 0 radical (unpaired) electrons. The zero-order chi connectivity index (χ0) is 12.1. The van der Waals surface area contributed by atoms with Crippen molar-refractivity contribution in [3.8, 4) is 0 Å². The van der Waals surface area contributed by atoms with Crippen LogP contribution in [-0.4, -0.2) is 31.9 Å². The first-order chi connectivity index (χ1) is 8.36. The van der Waals surface area contributed by atoms with Crippen LogP contribution >= 0.6 is 0 Å². The fourth-order valence-corrected chi connectivity index (χ4v) is 2.16. The van der Waals surface area contributed by atoms with Gasteiger partial charge in [0.05, 0.1) is 6.61 Å². The number of nitrogens with one attached hydrogen (secondary N) is 1. The van der Waals surface area contributed by atoms with Gasteiger partial charge in [-0.25, -0.2) is 0 Å². The Bertz CT molecular complexity index is 434. The van der Waals surface area contributed by atoms with Gasteiger partial charge in [0.2, 0.25) is 0 Å². The van der Waals surface area contributed by atoms with E-state index in [0.717, 1.165) is 26.1 Å². The van der Waals surface area contributed by atoms with Gasteiger partial charge < -0.3 is 14.6 Å². The Morgan fingerprint density at radius 1 is 1.29 bits per heavy atom. The Morgan fingerprint density at radius 3 is 2.88 bits per heavy atom. The van der Waals surface area contributed by atoms with E-state index in [-0.39, 0.29) is 0 Å². The molecule has 1 heterocycles. The average Bonchev–Trinajstić information content (AvgIpc) is 2.72. The largest absolute Gasteiger partial charge is 0.383 e. The molecule has 1 aromatic carbocycles. The zero-order valence-corrected chi connectivity index (χ0v) is 10.6. The van der Waals surface area contributed by atoms with Crippen LogP contribution in [0.2, 0.25) is 0 Å².